The van der Waals surface area contributed by atoms with E-state index in [0.717, 1.165) is 83.2 Å². The van der Waals surface area contributed by atoms with E-state index in [1.165, 1.54) is 32.7 Å². The van der Waals surface area contributed by atoms with Crippen LogP contribution in [0.3, 0.4) is 0 Å². The summed E-state index contributed by atoms with van der Waals surface area (Å²) >= 11 is 0. The van der Waals surface area contributed by atoms with Crippen molar-refractivity contribution in [1.29, 1.82) is 0 Å². The normalized spacial score (nSPS) is 11.7. The summed E-state index contributed by atoms with van der Waals surface area (Å²) in [5.41, 5.74) is 13.5. The maximum atomic E-state index is 6.62. The molecule has 0 radical (unpaired) electrons. The fraction of sp³-hybridized carbons (Fsp3) is 0. The van der Waals surface area contributed by atoms with Crippen molar-refractivity contribution in [3.05, 3.63) is 212 Å². The Morgan fingerprint density at radius 2 is 0.898 bits per heavy atom. The predicted molar refractivity (Wildman–Crippen MR) is 247 cm³/mol. The van der Waals surface area contributed by atoms with Crippen LogP contribution in [0.2, 0.25) is 0 Å². The largest absolute Gasteiger partial charge is 0.456 e. The molecule has 2 aromatic heterocycles. The van der Waals surface area contributed by atoms with Gasteiger partial charge in [-0.15, -0.1) is 0 Å². The summed E-state index contributed by atoms with van der Waals surface area (Å²) in [5.74, 6) is 0. The van der Waals surface area contributed by atoms with Crippen LogP contribution in [0.25, 0.3) is 98.8 Å². The number of hydrogen-bond donors (Lipinski definition) is 0. The van der Waals surface area contributed by atoms with E-state index in [9.17, 15) is 0 Å². The molecule has 0 amide bonds. The van der Waals surface area contributed by atoms with Crippen LogP contribution in [-0.4, -0.2) is 0 Å². The summed E-state index contributed by atoms with van der Waals surface area (Å²) in [6, 6.07) is 75.8. The van der Waals surface area contributed by atoms with Crippen LogP contribution in [0, 0.1) is 0 Å². The lowest BCUT2D eigenvalue weighted by atomic mass is 9.89. The molecule has 0 spiro atoms. The van der Waals surface area contributed by atoms with Gasteiger partial charge in [0, 0.05) is 44.0 Å². The zero-order valence-corrected chi connectivity index (χ0v) is 32.0. The van der Waals surface area contributed by atoms with Gasteiger partial charge in [0.25, 0.3) is 0 Å². The third-order valence-corrected chi connectivity index (χ3v) is 11.9. The summed E-state index contributed by atoms with van der Waals surface area (Å²) < 4.78 is 13.1. The third kappa shape index (κ3) is 5.36. The van der Waals surface area contributed by atoms with E-state index in [-0.39, 0.29) is 0 Å². The molecule has 0 unspecified atom stereocenters. The van der Waals surface area contributed by atoms with Crippen molar-refractivity contribution in [3.8, 4) is 33.4 Å². The van der Waals surface area contributed by atoms with Gasteiger partial charge < -0.3 is 13.7 Å². The average Bonchev–Trinajstić information content (AvgIpc) is 3.89. The molecule has 3 heteroatoms. The summed E-state index contributed by atoms with van der Waals surface area (Å²) in [6.45, 7) is 0. The number of nitrogens with zero attached hydrogens (tertiary/aromatic N) is 1. The number of rotatable bonds is 6. The molecule has 0 atom stereocenters. The second-order valence-corrected chi connectivity index (χ2v) is 15.2. The molecule has 0 aliphatic carbocycles. The van der Waals surface area contributed by atoms with Crippen LogP contribution in [0.4, 0.5) is 17.1 Å². The fourth-order valence-electron chi connectivity index (χ4n) is 9.15. The lowest BCUT2D eigenvalue weighted by molar-refractivity contribution is 0.669. The van der Waals surface area contributed by atoms with Gasteiger partial charge in [-0.2, -0.15) is 0 Å². The molecule has 59 heavy (non-hydrogen) atoms. The van der Waals surface area contributed by atoms with Crippen molar-refractivity contribution in [2.75, 3.05) is 4.90 Å². The first-order chi connectivity index (χ1) is 29.3. The maximum Gasteiger partial charge on any atom is 0.143 e. The highest BCUT2D eigenvalue weighted by Gasteiger charge is 2.25. The van der Waals surface area contributed by atoms with Crippen molar-refractivity contribution in [2.24, 2.45) is 0 Å². The van der Waals surface area contributed by atoms with E-state index < -0.39 is 0 Å². The smallest absolute Gasteiger partial charge is 0.143 e. The SMILES string of the molecule is c1ccc(-c2ccc(N(c3ccc(-c4cccc5c4oc4ccccc45)cc3)c3ccc4oc5ccccc5c4c3-c3cc4ccccc4c4ccccc34)cc2)cc1. The number of furan rings is 2. The molecule has 2 heterocycles. The van der Waals surface area contributed by atoms with Gasteiger partial charge in [0.15, 0.2) is 0 Å². The van der Waals surface area contributed by atoms with Crippen molar-refractivity contribution >= 4 is 82.5 Å². The van der Waals surface area contributed by atoms with E-state index in [1.54, 1.807) is 0 Å². The molecule has 0 aliphatic rings. The average molecular weight is 754 g/mol. The molecule has 0 N–H and O–H groups in total. The Hall–Kier alpha value is -7.88. The first kappa shape index (κ1) is 33.3. The van der Waals surface area contributed by atoms with Crippen molar-refractivity contribution in [2.45, 2.75) is 0 Å². The van der Waals surface area contributed by atoms with Crippen LogP contribution in [-0.2, 0) is 0 Å². The number of anilines is 3. The number of benzene rings is 10. The molecule has 0 saturated carbocycles. The Bertz CT molecular complexity index is 3540. The fourth-order valence-corrected chi connectivity index (χ4v) is 9.15. The van der Waals surface area contributed by atoms with Gasteiger partial charge in [-0.25, -0.2) is 0 Å². The Morgan fingerprint density at radius 3 is 1.66 bits per heavy atom. The van der Waals surface area contributed by atoms with E-state index in [4.69, 9.17) is 8.83 Å². The Morgan fingerprint density at radius 1 is 0.322 bits per heavy atom. The van der Waals surface area contributed by atoms with Gasteiger partial charge >= 0.3 is 0 Å². The molecule has 0 bridgehead atoms. The summed E-state index contributed by atoms with van der Waals surface area (Å²) in [7, 11) is 0. The second kappa shape index (κ2) is 13.4. The van der Waals surface area contributed by atoms with Gasteiger partial charge in [0.05, 0.1) is 5.69 Å². The Balaban J connectivity index is 1.12. The van der Waals surface area contributed by atoms with Crippen LogP contribution in [0.5, 0.6) is 0 Å². The zero-order valence-electron chi connectivity index (χ0n) is 32.0. The molecule has 10 aromatic carbocycles. The van der Waals surface area contributed by atoms with Gasteiger partial charge in [0.1, 0.15) is 22.3 Å². The van der Waals surface area contributed by atoms with Crippen LogP contribution >= 0.6 is 0 Å². The maximum absolute atomic E-state index is 6.62. The lowest BCUT2D eigenvalue weighted by Crippen LogP contribution is -2.11. The quantitative estimate of drug-likeness (QED) is 0.158. The van der Waals surface area contributed by atoms with Gasteiger partial charge in [-0.05, 0) is 98.4 Å². The van der Waals surface area contributed by atoms with Crippen molar-refractivity contribution in [1.82, 2.24) is 0 Å². The first-order valence-electron chi connectivity index (χ1n) is 20.1. The standard InChI is InChI=1S/C56H35NO2/c1-2-13-36(14-3-1)37-25-29-40(30-26-37)57(41-31-27-38(28-32-41)43-21-12-22-47-46-19-8-10-23-51(46)59-56(43)47)50-33-34-53-55(48-20-9-11-24-52(48)58-53)54(50)49-35-39-15-4-5-16-42(39)44-17-6-7-18-45(44)49/h1-35H. The molecule has 12 aromatic rings. The van der Waals surface area contributed by atoms with Crippen LogP contribution in [0.15, 0.2) is 221 Å². The molecule has 0 fully saturated rings. The Kier molecular flexibility index (Phi) is 7.54. The Labute approximate surface area is 340 Å². The van der Waals surface area contributed by atoms with E-state index in [1.807, 2.05) is 18.2 Å². The highest BCUT2D eigenvalue weighted by atomic mass is 16.3. The topological polar surface area (TPSA) is 29.5 Å². The van der Waals surface area contributed by atoms with E-state index in [0.29, 0.717) is 0 Å². The molecule has 3 nitrogen and oxygen atoms in total. The van der Waals surface area contributed by atoms with E-state index >= 15 is 0 Å². The third-order valence-electron chi connectivity index (χ3n) is 11.9. The van der Waals surface area contributed by atoms with Crippen LogP contribution in [0.1, 0.15) is 0 Å². The predicted octanol–water partition coefficient (Wildman–Crippen LogP) is 16.3. The molecule has 0 aliphatic heterocycles. The molecule has 276 valence electrons. The second-order valence-electron chi connectivity index (χ2n) is 15.2. The number of hydrogen-bond acceptors (Lipinski definition) is 3. The first-order valence-corrected chi connectivity index (χ1v) is 20.1. The number of para-hydroxylation sites is 3. The molecular formula is C56H35NO2. The molecule has 12 rings (SSSR count). The zero-order chi connectivity index (χ0) is 38.9. The van der Waals surface area contributed by atoms with Crippen molar-refractivity contribution < 1.29 is 8.83 Å². The van der Waals surface area contributed by atoms with Gasteiger partial charge in [0.2, 0.25) is 0 Å². The summed E-state index contributed by atoms with van der Waals surface area (Å²) in [4.78, 5) is 2.40. The molecular weight excluding hydrogens is 719 g/mol. The van der Waals surface area contributed by atoms with Gasteiger partial charge in [-0.3, -0.25) is 0 Å². The van der Waals surface area contributed by atoms with E-state index in [2.05, 4.69) is 199 Å². The number of fused-ring (bicyclic) bond motifs is 9. The minimum Gasteiger partial charge on any atom is -0.456 e. The van der Waals surface area contributed by atoms with Crippen LogP contribution < -0.4 is 4.90 Å². The van der Waals surface area contributed by atoms with Crippen molar-refractivity contribution in [3.63, 3.8) is 0 Å². The summed E-state index contributed by atoms with van der Waals surface area (Å²) in [6.07, 6.45) is 0. The lowest BCUT2D eigenvalue weighted by Gasteiger charge is -2.29. The van der Waals surface area contributed by atoms with Gasteiger partial charge in [-0.1, -0.05) is 158 Å². The summed E-state index contributed by atoms with van der Waals surface area (Å²) in [5, 5.41) is 9.28. The highest BCUT2D eigenvalue weighted by Crippen LogP contribution is 2.50. The molecule has 0 saturated heterocycles. The monoisotopic (exact) mass is 753 g/mol. The minimum atomic E-state index is 0.857. The highest BCUT2D eigenvalue weighted by molar-refractivity contribution is 6.22. The minimum absolute atomic E-state index is 0.857.